The Morgan fingerprint density at radius 2 is 2.25 bits per heavy atom. The van der Waals surface area contributed by atoms with Gasteiger partial charge < -0.3 is 4.74 Å². The van der Waals surface area contributed by atoms with Crippen LogP contribution in [0.2, 0.25) is 0 Å². The van der Waals surface area contributed by atoms with Crippen molar-refractivity contribution in [2.75, 3.05) is 7.11 Å². The molecule has 0 saturated carbocycles. The molecule has 0 spiro atoms. The van der Waals surface area contributed by atoms with E-state index < -0.39 is 12.4 Å². The summed E-state index contributed by atoms with van der Waals surface area (Å²) in [7, 11) is 1.22. The number of carbonyl (C=O) groups is 1. The zero-order chi connectivity index (χ0) is 12.3. The zero-order valence-electron chi connectivity index (χ0n) is 8.76. The first-order chi connectivity index (χ1) is 7.45. The number of hydrogen-bond acceptors (Lipinski definition) is 3. The number of halogens is 3. The van der Waals surface area contributed by atoms with E-state index in [9.17, 15) is 13.6 Å². The molecule has 0 saturated heterocycles. The van der Waals surface area contributed by atoms with Gasteiger partial charge in [-0.25, -0.2) is 8.78 Å². The van der Waals surface area contributed by atoms with Gasteiger partial charge in [0, 0.05) is 3.57 Å². The minimum absolute atomic E-state index is 0.181. The predicted molar refractivity (Wildman–Crippen MR) is 62.4 cm³/mol. The molecular formula is C10H10F2INO2. The van der Waals surface area contributed by atoms with E-state index in [-0.39, 0.29) is 17.7 Å². The van der Waals surface area contributed by atoms with Crippen LogP contribution in [0.5, 0.6) is 0 Å². The Bertz CT molecular complexity index is 410. The Hall–Kier alpha value is -0.790. The average Bonchev–Trinajstić information content (AvgIpc) is 2.22. The maximum Gasteiger partial charge on any atom is 0.310 e. The van der Waals surface area contributed by atoms with Crippen LogP contribution in [0, 0.1) is 10.5 Å². The summed E-state index contributed by atoms with van der Waals surface area (Å²) in [4.78, 5) is 14.8. The lowest BCUT2D eigenvalue weighted by Gasteiger charge is -2.09. The van der Waals surface area contributed by atoms with Crippen molar-refractivity contribution in [3.63, 3.8) is 0 Å². The van der Waals surface area contributed by atoms with Gasteiger partial charge in [0.25, 0.3) is 6.43 Å². The number of pyridine rings is 1. The minimum Gasteiger partial charge on any atom is -0.469 e. The van der Waals surface area contributed by atoms with Gasteiger partial charge in [0.2, 0.25) is 0 Å². The third-order valence-electron chi connectivity index (χ3n) is 2.03. The molecule has 0 amide bonds. The van der Waals surface area contributed by atoms with Crippen molar-refractivity contribution < 1.29 is 18.3 Å². The van der Waals surface area contributed by atoms with E-state index in [1.165, 1.54) is 7.11 Å². The van der Waals surface area contributed by atoms with Crippen molar-refractivity contribution in [2.24, 2.45) is 0 Å². The molecule has 1 aromatic rings. The van der Waals surface area contributed by atoms with Gasteiger partial charge in [-0.3, -0.25) is 9.78 Å². The largest absolute Gasteiger partial charge is 0.469 e. The highest BCUT2D eigenvalue weighted by Gasteiger charge is 2.18. The van der Waals surface area contributed by atoms with E-state index >= 15 is 0 Å². The molecule has 0 fully saturated rings. The molecule has 0 aliphatic heterocycles. The molecule has 1 aromatic heterocycles. The Labute approximate surface area is 105 Å². The maximum atomic E-state index is 12.7. The second-order valence-electron chi connectivity index (χ2n) is 3.15. The van der Waals surface area contributed by atoms with Gasteiger partial charge >= 0.3 is 5.97 Å². The van der Waals surface area contributed by atoms with Crippen LogP contribution >= 0.6 is 22.6 Å². The lowest BCUT2D eigenvalue weighted by Crippen LogP contribution is -2.10. The highest BCUT2D eigenvalue weighted by atomic mass is 127. The lowest BCUT2D eigenvalue weighted by molar-refractivity contribution is -0.139. The molecule has 3 nitrogen and oxygen atoms in total. The summed E-state index contributed by atoms with van der Waals surface area (Å²) in [5.41, 5.74) is 0.407. The Balaban J connectivity index is 3.14. The number of aryl methyl sites for hydroxylation is 1. The molecule has 0 aromatic carbocycles. The number of carbonyl (C=O) groups excluding carboxylic acids is 1. The Morgan fingerprint density at radius 1 is 1.62 bits per heavy atom. The number of ether oxygens (including phenoxy) is 1. The van der Waals surface area contributed by atoms with Crippen molar-refractivity contribution >= 4 is 28.6 Å². The molecule has 0 atom stereocenters. The van der Waals surface area contributed by atoms with Gasteiger partial charge in [-0.05, 0) is 41.1 Å². The third kappa shape index (κ3) is 3.10. The first-order valence-electron chi connectivity index (χ1n) is 4.46. The van der Waals surface area contributed by atoms with Crippen LogP contribution in [0.25, 0.3) is 0 Å². The van der Waals surface area contributed by atoms with Gasteiger partial charge in [0.15, 0.2) is 0 Å². The normalized spacial score (nSPS) is 10.6. The number of esters is 1. The van der Waals surface area contributed by atoms with Crippen molar-refractivity contribution in [1.82, 2.24) is 4.98 Å². The molecule has 88 valence electrons. The van der Waals surface area contributed by atoms with E-state index in [2.05, 4.69) is 9.72 Å². The summed E-state index contributed by atoms with van der Waals surface area (Å²) in [5.74, 6) is -0.552. The zero-order valence-corrected chi connectivity index (χ0v) is 10.9. The number of nitrogens with zero attached hydrogens (tertiary/aromatic N) is 1. The van der Waals surface area contributed by atoms with Crippen molar-refractivity contribution in [3.05, 3.63) is 26.6 Å². The smallest absolute Gasteiger partial charge is 0.310 e. The molecule has 0 unspecified atom stereocenters. The van der Waals surface area contributed by atoms with Crippen molar-refractivity contribution in [2.45, 2.75) is 19.8 Å². The molecule has 16 heavy (non-hydrogen) atoms. The van der Waals surface area contributed by atoms with Gasteiger partial charge in [0.1, 0.15) is 5.69 Å². The van der Waals surface area contributed by atoms with Gasteiger partial charge in [-0.15, -0.1) is 0 Å². The average molecular weight is 341 g/mol. The number of aromatic nitrogens is 1. The quantitative estimate of drug-likeness (QED) is 0.627. The van der Waals surface area contributed by atoms with Crippen LogP contribution in [0.4, 0.5) is 8.78 Å². The molecule has 0 radical (unpaired) electrons. The summed E-state index contributed by atoms with van der Waals surface area (Å²) >= 11 is 1.99. The van der Waals surface area contributed by atoms with Crippen LogP contribution in [-0.4, -0.2) is 18.1 Å². The van der Waals surface area contributed by atoms with Gasteiger partial charge in [-0.1, -0.05) is 0 Å². The molecule has 0 aliphatic carbocycles. The first-order valence-corrected chi connectivity index (χ1v) is 5.54. The lowest BCUT2D eigenvalue weighted by atomic mass is 10.1. The topological polar surface area (TPSA) is 39.2 Å². The highest BCUT2D eigenvalue weighted by Crippen LogP contribution is 2.24. The minimum atomic E-state index is -2.68. The Kier molecular flexibility index (Phi) is 4.57. The number of rotatable bonds is 3. The monoisotopic (exact) mass is 341 g/mol. The molecule has 6 heteroatoms. The number of methoxy groups -OCH3 is 1. The first kappa shape index (κ1) is 13.3. The van der Waals surface area contributed by atoms with Crippen LogP contribution in [0.3, 0.4) is 0 Å². The fourth-order valence-corrected chi connectivity index (χ4v) is 1.69. The fraction of sp³-hybridized carbons (Fsp3) is 0.400. The standard InChI is InChI=1S/C10H10F2INO2/c1-5-7(13)3-6(4-8(15)16-2)9(14-5)10(11)12/h3,10H,4H2,1-2H3. The van der Waals surface area contributed by atoms with Gasteiger partial charge in [0.05, 0.1) is 19.2 Å². The van der Waals surface area contributed by atoms with Crippen molar-refractivity contribution in [1.29, 1.82) is 0 Å². The van der Waals surface area contributed by atoms with Crippen LogP contribution < -0.4 is 0 Å². The molecule has 1 heterocycles. The highest BCUT2D eigenvalue weighted by molar-refractivity contribution is 14.1. The van der Waals surface area contributed by atoms with Gasteiger partial charge in [-0.2, -0.15) is 0 Å². The van der Waals surface area contributed by atoms with Crippen LogP contribution in [0.1, 0.15) is 23.4 Å². The summed E-state index contributed by atoms with van der Waals surface area (Å²) < 4.78 is 30.5. The third-order valence-corrected chi connectivity index (χ3v) is 3.12. The molecule has 1 rings (SSSR count). The van der Waals surface area contributed by atoms with Crippen LogP contribution in [-0.2, 0) is 16.0 Å². The Morgan fingerprint density at radius 3 is 2.75 bits per heavy atom. The maximum absolute atomic E-state index is 12.7. The number of alkyl halides is 2. The molecule has 0 bridgehead atoms. The van der Waals surface area contributed by atoms with E-state index in [1.54, 1.807) is 13.0 Å². The molecule has 0 aliphatic rings. The number of hydrogen-bond donors (Lipinski definition) is 0. The summed E-state index contributed by atoms with van der Waals surface area (Å²) in [6, 6.07) is 1.54. The van der Waals surface area contributed by atoms with E-state index in [4.69, 9.17) is 0 Å². The predicted octanol–water partition coefficient (Wildman–Crippen LogP) is 2.65. The summed E-state index contributed by atoms with van der Waals surface area (Å²) in [6.07, 6.45) is -2.87. The summed E-state index contributed by atoms with van der Waals surface area (Å²) in [6.45, 7) is 1.65. The van der Waals surface area contributed by atoms with Crippen LogP contribution in [0.15, 0.2) is 6.07 Å². The van der Waals surface area contributed by atoms with E-state index in [0.717, 1.165) is 3.57 Å². The fourth-order valence-electron chi connectivity index (χ4n) is 1.20. The SMILES string of the molecule is COC(=O)Cc1cc(I)c(C)nc1C(F)F. The second-order valence-corrected chi connectivity index (χ2v) is 4.32. The summed E-state index contributed by atoms with van der Waals surface area (Å²) in [5, 5.41) is 0. The van der Waals surface area contributed by atoms with E-state index in [0.29, 0.717) is 5.69 Å². The van der Waals surface area contributed by atoms with Crippen molar-refractivity contribution in [3.8, 4) is 0 Å². The molecule has 0 N–H and O–H groups in total. The molecular weight excluding hydrogens is 331 g/mol. The second kappa shape index (κ2) is 5.51. The van der Waals surface area contributed by atoms with E-state index in [1.807, 2.05) is 22.6 Å².